The highest BCUT2D eigenvalue weighted by Gasteiger charge is 2.19. The molecule has 3 aromatic heterocycles. The van der Waals surface area contributed by atoms with Crippen molar-refractivity contribution in [2.24, 2.45) is 0 Å². The molecule has 0 aliphatic carbocycles. The fourth-order valence-electron chi connectivity index (χ4n) is 7.46. The number of para-hydroxylation sites is 3. The normalized spacial score (nSPS) is 11.4. The maximum absolute atomic E-state index is 10.4. The minimum Gasteiger partial charge on any atom is -0.309 e. The van der Waals surface area contributed by atoms with Crippen LogP contribution in [-0.2, 0) is 0 Å². The van der Waals surface area contributed by atoms with Crippen LogP contribution in [0.1, 0.15) is 5.56 Å². The second-order valence-corrected chi connectivity index (χ2v) is 12.8. The van der Waals surface area contributed by atoms with Crippen LogP contribution in [0.4, 0.5) is 0 Å². The second kappa shape index (κ2) is 11.9. The highest BCUT2D eigenvalue weighted by molar-refractivity contribution is 6.12. The lowest BCUT2D eigenvalue weighted by molar-refractivity contribution is 1.07. The number of aromatic nitrogens is 5. The number of benzene rings is 7. The van der Waals surface area contributed by atoms with Gasteiger partial charge in [-0.1, -0.05) is 115 Å². The maximum atomic E-state index is 10.4. The Morgan fingerprint density at radius 1 is 0.385 bits per heavy atom. The molecule has 6 nitrogen and oxygen atoms in total. The summed E-state index contributed by atoms with van der Waals surface area (Å²) >= 11 is 0. The average molecular weight is 665 g/mol. The molecule has 0 saturated carbocycles. The Hall–Kier alpha value is -7.36. The number of hydrogen-bond donors (Lipinski definition) is 0. The topological polar surface area (TPSA) is 72.3 Å². The molecular formula is C46H28N6. The van der Waals surface area contributed by atoms with Crippen molar-refractivity contribution in [1.82, 2.24) is 24.1 Å². The Morgan fingerprint density at radius 2 is 0.808 bits per heavy atom. The van der Waals surface area contributed by atoms with E-state index < -0.39 is 0 Å². The summed E-state index contributed by atoms with van der Waals surface area (Å²) < 4.78 is 4.62. The quantitative estimate of drug-likeness (QED) is 0.184. The van der Waals surface area contributed by atoms with Gasteiger partial charge in [0.1, 0.15) is 0 Å². The molecule has 0 aliphatic rings. The van der Waals surface area contributed by atoms with Gasteiger partial charge in [0, 0.05) is 49.6 Å². The van der Waals surface area contributed by atoms with Gasteiger partial charge in [-0.15, -0.1) is 0 Å². The number of fused-ring (bicyclic) bond motifs is 6. The molecule has 0 saturated heterocycles. The molecule has 0 aliphatic heterocycles. The number of hydrogen-bond acceptors (Lipinski definition) is 4. The highest BCUT2D eigenvalue weighted by Crippen LogP contribution is 2.38. The molecule has 242 valence electrons. The predicted molar refractivity (Wildman–Crippen MR) is 210 cm³/mol. The maximum Gasteiger partial charge on any atom is 0.165 e. The zero-order valence-electron chi connectivity index (χ0n) is 27.8. The Bertz CT molecular complexity index is 2910. The van der Waals surface area contributed by atoms with Gasteiger partial charge >= 0.3 is 0 Å². The zero-order valence-corrected chi connectivity index (χ0v) is 27.8. The summed E-state index contributed by atoms with van der Waals surface area (Å²) in [5, 5.41) is 15.1. The molecule has 0 atom stereocenters. The van der Waals surface area contributed by atoms with E-state index in [0.29, 0.717) is 28.6 Å². The van der Waals surface area contributed by atoms with E-state index in [1.807, 2.05) is 78.9 Å². The third kappa shape index (κ3) is 4.68. The zero-order chi connectivity index (χ0) is 34.6. The summed E-state index contributed by atoms with van der Waals surface area (Å²) in [5.74, 6) is 1.54. The largest absolute Gasteiger partial charge is 0.309 e. The number of nitriles is 1. The van der Waals surface area contributed by atoms with Crippen LogP contribution < -0.4 is 0 Å². The van der Waals surface area contributed by atoms with Crippen LogP contribution >= 0.6 is 0 Å². The standard InChI is InChI=1S/C46H28N6/c47-29-32-23-24-33(27-38(32)46-49-44(30-13-3-1-4-14-30)48-45(50-46)31-15-5-2-6-16-31)52-42-22-12-9-19-37(42)39-28-34(25-26-43(39)52)51-40-20-10-7-17-35(40)36-18-8-11-21-41(36)51/h1-28H. The minimum atomic E-state index is 0.445. The van der Waals surface area contributed by atoms with Gasteiger partial charge < -0.3 is 9.13 Å². The lowest BCUT2D eigenvalue weighted by Gasteiger charge is -2.13. The van der Waals surface area contributed by atoms with E-state index in [2.05, 4.69) is 106 Å². The van der Waals surface area contributed by atoms with Crippen molar-refractivity contribution in [2.45, 2.75) is 0 Å². The Kier molecular flexibility index (Phi) is 6.76. The van der Waals surface area contributed by atoms with E-state index in [1.165, 1.54) is 21.8 Å². The third-order valence-corrected chi connectivity index (χ3v) is 9.82. The molecule has 10 aromatic rings. The first-order valence-corrected chi connectivity index (χ1v) is 17.2. The van der Waals surface area contributed by atoms with Gasteiger partial charge in [-0.05, 0) is 54.6 Å². The van der Waals surface area contributed by atoms with Crippen molar-refractivity contribution < 1.29 is 0 Å². The fourth-order valence-corrected chi connectivity index (χ4v) is 7.46. The summed E-state index contributed by atoms with van der Waals surface area (Å²) in [7, 11) is 0. The molecule has 0 spiro atoms. The van der Waals surface area contributed by atoms with Crippen molar-refractivity contribution >= 4 is 43.6 Å². The van der Waals surface area contributed by atoms with Gasteiger partial charge in [-0.2, -0.15) is 5.26 Å². The van der Waals surface area contributed by atoms with Gasteiger partial charge in [0.2, 0.25) is 0 Å². The van der Waals surface area contributed by atoms with Crippen molar-refractivity contribution in [3.63, 3.8) is 0 Å². The lowest BCUT2D eigenvalue weighted by atomic mass is 10.1. The molecule has 7 aromatic carbocycles. The fraction of sp³-hybridized carbons (Fsp3) is 0. The van der Waals surface area contributed by atoms with Gasteiger partial charge in [0.05, 0.1) is 33.7 Å². The van der Waals surface area contributed by atoms with Crippen LogP contribution in [0.5, 0.6) is 0 Å². The number of rotatable bonds is 5. The van der Waals surface area contributed by atoms with E-state index >= 15 is 0 Å². The van der Waals surface area contributed by atoms with Crippen LogP contribution in [0.25, 0.3) is 89.2 Å². The minimum absolute atomic E-state index is 0.445. The van der Waals surface area contributed by atoms with E-state index in [-0.39, 0.29) is 0 Å². The molecule has 52 heavy (non-hydrogen) atoms. The van der Waals surface area contributed by atoms with Gasteiger partial charge in [0.15, 0.2) is 17.5 Å². The SMILES string of the molecule is N#Cc1ccc(-n2c3ccccc3c3cc(-n4c5ccccc5c5ccccc54)ccc32)cc1-c1nc(-c2ccccc2)nc(-c2ccccc2)n1. The Balaban J connectivity index is 1.19. The Labute approximate surface area is 299 Å². The van der Waals surface area contributed by atoms with Gasteiger partial charge in [-0.3, -0.25) is 0 Å². The van der Waals surface area contributed by atoms with Crippen LogP contribution in [0, 0.1) is 11.3 Å². The monoisotopic (exact) mass is 664 g/mol. The van der Waals surface area contributed by atoms with Crippen LogP contribution in [0.15, 0.2) is 170 Å². The summed E-state index contributed by atoms with van der Waals surface area (Å²) in [6.07, 6.45) is 0. The lowest BCUT2D eigenvalue weighted by Crippen LogP contribution is -2.02. The molecule has 0 radical (unpaired) electrons. The Morgan fingerprint density at radius 3 is 1.35 bits per heavy atom. The predicted octanol–water partition coefficient (Wildman–Crippen LogP) is 10.9. The molecule has 0 unspecified atom stereocenters. The third-order valence-electron chi connectivity index (χ3n) is 9.82. The first kappa shape index (κ1) is 29.5. The van der Waals surface area contributed by atoms with Crippen LogP contribution in [0.2, 0.25) is 0 Å². The van der Waals surface area contributed by atoms with E-state index in [9.17, 15) is 5.26 Å². The molecular weight excluding hydrogens is 637 g/mol. The summed E-state index contributed by atoms with van der Waals surface area (Å²) in [4.78, 5) is 14.8. The number of nitrogens with zero attached hydrogens (tertiary/aromatic N) is 6. The van der Waals surface area contributed by atoms with Crippen molar-refractivity contribution in [3.8, 4) is 51.6 Å². The van der Waals surface area contributed by atoms with Gasteiger partial charge in [-0.25, -0.2) is 15.0 Å². The molecule has 0 fully saturated rings. The first-order valence-electron chi connectivity index (χ1n) is 17.2. The van der Waals surface area contributed by atoms with Crippen LogP contribution in [-0.4, -0.2) is 24.1 Å². The first-order chi connectivity index (χ1) is 25.7. The van der Waals surface area contributed by atoms with Crippen molar-refractivity contribution in [3.05, 3.63) is 175 Å². The van der Waals surface area contributed by atoms with E-state index in [0.717, 1.165) is 44.3 Å². The highest BCUT2D eigenvalue weighted by atomic mass is 15.0. The smallest absolute Gasteiger partial charge is 0.165 e. The van der Waals surface area contributed by atoms with Crippen molar-refractivity contribution in [2.75, 3.05) is 0 Å². The molecule has 3 heterocycles. The second-order valence-electron chi connectivity index (χ2n) is 12.8. The van der Waals surface area contributed by atoms with E-state index in [1.54, 1.807) is 0 Å². The average Bonchev–Trinajstić information content (AvgIpc) is 3.74. The summed E-state index contributed by atoms with van der Waals surface area (Å²) in [6.45, 7) is 0. The van der Waals surface area contributed by atoms with Crippen LogP contribution in [0.3, 0.4) is 0 Å². The van der Waals surface area contributed by atoms with Crippen molar-refractivity contribution in [1.29, 1.82) is 5.26 Å². The van der Waals surface area contributed by atoms with Gasteiger partial charge in [0.25, 0.3) is 0 Å². The molecule has 0 amide bonds. The van der Waals surface area contributed by atoms with E-state index in [4.69, 9.17) is 15.0 Å². The molecule has 0 N–H and O–H groups in total. The molecule has 0 bridgehead atoms. The molecule has 10 rings (SSSR count). The summed E-state index contributed by atoms with van der Waals surface area (Å²) in [6, 6.07) is 60.4. The molecule has 6 heteroatoms. The summed E-state index contributed by atoms with van der Waals surface area (Å²) in [5.41, 5.74) is 9.36.